The third-order valence-electron chi connectivity index (χ3n) is 1.89. The number of amides is 1. The second kappa shape index (κ2) is 6.05. The quantitative estimate of drug-likeness (QED) is 0.872. The van der Waals surface area contributed by atoms with Gasteiger partial charge in [-0.2, -0.15) is 0 Å². The number of carbonyl (C=O) groups excluding carboxylic acids is 1. The lowest BCUT2D eigenvalue weighted by Crippen LogP contribution is -2.44. The van der Waals surface area contributed by atoms with Crippen LogP contribution in [0, 0.1) is 0 Å². The number of carboxylic acid groups (broad SMARTS) is 1. The monoisotopic (exact) mass is 334 g/mol. The van der Waals surface area contributed by atoms with E-state index >= 15 is 0 Å². The number of carboxylic acids is 1. The van der Waals surface area contributed by atoms with Crippen LogP contribution in [0.1, 0.15) is 26.7 Å². The van der Waals surface area contributed by atoms with Crippen molar-refractivity contribution in [3.8, 4) is 0 Å². The predicted molar refractivity (Wildman–Crippen MR) is 68.7 cm³/mol. The molecule has 1 heterocycles. The summed E-state index contributed by atoms with van der Waals surface area (Å²) in [5, 5.41) is 11.3. The molecule has 19 heavy (non-hydrogen) atoms. The SMILES string of the molecule is CC(C)(C)OC(=O)NC(Cc1ncc(Br)o1)C(=O)O. The first kappa shape index (κ1) is 15.5. The van der Waals surface area contributed by atoms with Crippen molar-refractivity contribution in [2.45, 2.75) is 38.8 Å². The Morgan fingerprint density at radius 3 is 2.63 bits per heavy atom. The Balaban J connectivity index is 2.63. The Morgan fingerprint density at radius 1 is 1.58 bits per heavy atom. The van der Waals surface area contributed by atoms with Crippen LogP contribution in [0.2, 0.25) is 0 Å². The topological polar surface area (TPSA) is 102 Å². The summed E-state index contributed by atoms with van der Waals surface area (Å²) in [7, 11) is 0. The summed E-state index contributed by atoms with van der Waals surface area (Å²) in [6, 6.07) is -1.17. The molecule has 1 rings (SSSR count). The zero-order valence-electron chi connectivity index (χ0n) is 10.8. The molecule has 0 aliphatic rings. The number of oxazole rings is 1. The highest BCUT2D eigenvalue weighted by Crippen LogP contribution is 2.13. The third-order valence-corrected chi connectivity index (χ3v) is 2.26. The molecule has 0 saturated carbocycles. The molecule has 0 saturated heterocycles. The predicted octanol–water partition coefficient (Wildman–Crippen LogP) is 1.96. The highest BCUT2D eigenvalue weighted by atomic mass is 79.9. The standard InChI is InChI=1S/C11H15BrN2O5/c1-11(2,3)19-10(17)14-6(9(15)16)4-8-13-5-7(12)18-8/h5-6H,4H2,1-3H3,(H,14,17)(H,15,16). The molecule has 2 N–H and O–H groups in total. The number of hydrogen-bond acceptors (Lipinski definition) is 5. The van der Waals surface area contributed by atoms with Gasteiger partial charge in [0.15, 0.2) is 10.6 Å². The van der Waals surface area contributed by atoms with E-state index in [2.05, 4.69) is 26.2 Å². The van der Waals surface area contributed by atoms with Crippen molar-refractivity contribution in [2.24, 2.45) is 0 Å². The molecular formula is C11H15BrN2O5. The summed E-state index contributed by atoms with van der Waals surface area (Å²) in [5.74, 6) is -0.990. The van der Waals surface area contributed by atoms with E-state index in [9.17, 15) is 9.59 Å². The van der Waals surface area contributed by atoms with Gasteiger partial charge in [-0.15, -0.1) is 0 Å². The minimum atomic E-state index is -1.19. The molecule has 0 aliphatic heterocycles. The van der Waals surface area contributed by atoms with E-state index in [1.807, 2.05) is 0 Å². The number of aromatic nitrogens is 1. The summed E-state index contributed by atoms with van der Waals surface area (Å²) in [4.78, 5) is 26.4. The number of halogens is 1. The fourth-order valence-corrected chi connectivity index (χ4v) is 1.50. The first-order valence-electron chi connectivity index (χ1n) is 5.50. The number of nitrogens with zero attached hydrogens (tertiary/aromatic N) is 1. The molecule has 1 amide bonds. The van der Waals surface area contributed by atoms with Gasteiger partial charge in [-0.3, -0.25) is 0 Å². The summed E-state index contributed by atoms with van der Waals surface area (Å²) >= 11 is 3.06. The average molecular weight is 335 g/mol. The van der Waals surface area contributed by atoms with Crippen LogP contribution in [0.4, 0.5) is 4.79 Å². The van der Waals surface area contributed by atoms with Gasteiger partial charge in [-0.05, 0) is 36.7 Å². The van der Waals surface area contributed by atoms with E-state index in [-0.39, 0.29) is 12.3 Å². The maximum absolute atomic E-state index is 11.5. The Hall–Kier alpha value is -1.57. The molecule has 1 aromatic rings. The van der Waals surface area contributed by atoms with Gasteiger partial charge >= 0.3 is 12.1 Å². The van der Waals surface area contributed by atoms with Crippen molar-refractivity contribution in [3.63, 3.8) is 0 Å². The van der Waals surface area contributed by atoms with Gasteiger partial charge in [0.25, 0.3) is 0 Å². The lowest BCUT2D eigenvalue weighted by Gasteiger charge is -2.21. The van der Waals surface area contributed by atoms with Crippen LogP contribution in [-0.4, -0.2) is 33.8 Å². The molecule has 8 heteroatoms. The number of aliphatic carboxylic acids is 1. The molecule has 106 valence electrons. The molecule has 7 nitrogen and oxygen atoms in total. The van der Waals surface area contributed by atoms with Crippen molar-refractivity contribution in [2.75, 3.05) is 0 Å². The molecule has 0 radical (unpaired) electrons. The van der Waals surface area contributed by atoms with Crippen LogP contribution < -0.4 is 5.32 Å². The molecule has 1 atom stereocenters. The van der Waals surface area contributed by atoms with Gasteiger partial charge in [-0.1, -0.05) is 0 Å². The first-order valence-corrected chi connectivity index (χ1v) is 6.29. The fourth-order valence-electron chi connectivity index (χ4n) is 1.21. The zero-order valence-corrected chi connectivity index (χ0v) is 12.4. The summed E-state index contributed by atoms with van der Waals surface area (Å²) < 4.78 is 10.5. The highest BCUT2D eigenvalue weighted by Gasteiger charge is 2.25. The molecular weight excluding hydrogens is 320 g/mol. The van der Waals surface area contributed by atoms with Gasteiger partial charge < -0.3 is 19.6 Å². The highest BCUT2D eigenvalue weighted by molar-refractivity contribution is 9.10. The van der Waals surface area contributed by atoms with E-state index in [4.69, 9.17) is 14.3 Å². The minimum absolute atomic E-state index is 0.0693. The second-order valence-corrected chi connectivity index (χ2v) is 5.58. The molecule has 0 spiro atoms. The Bertz CT molecular complexity index is 466. The van der Waals surface area contributed by atoms with Crippen LogP contribution in [-0.2, 0) is 16.0 Å². The van der Waals surface area contributed by atoms with Gasteiger partial charge in [0.1, 0.15) is 11.6 Å². The Kier molecular flexibility index (Phi) is 4.93. The maximum atomic E-state index is 11.5. The fraction of sp³-hybridized carbons (Fsp3) is 0.545. The summed E-state index contributed by atoms with van der Waals surface area (Å²) in [5.41, 5.74) is -0.695. The largest absolute Gasteiger partial charge is 0.480 e. The zero-order chi connectivity index (χ0) is 14.6. The third kappa shape index (κ3) is 5.73. The number of carbonyl (C=O) groups is 2. The molecule has 0 fully saturated rings. The van der Waals surface area contributed by atoms with Crippen LogP contribution in [0.25, 0.3) is 0 Å². The van der Waals surface area contributed by atoms with Crippen molar-refractivity contribution in [3.05, 3.63) is 16.8 Å². The van der Waals surface area contributed by atoms with Crippen molar-refractivity contribution in [1.29, 1.82) is 0 Å². The Labute approximate surface area is 118 Å². The van der Waals surface area contributed by atoms with Crippen molar-refractivity contribution in [1.82, 2.24) is 10.3 Å². The van der Waals surface area contributed by atoms with Crippen LogP contribution in [0.5, 0.6) is 0 Å². The summed E-state index contributed by atoms with van der Waals surface area (Å²) in [6.07, 6.45) is 0.535. The normalized spacial score (nSPS) is 12.8. The number of rotatable bonds is 4. The molecule has 1 aromatic heterocycles. The lowest BCUT2D eigenvalue weighted by molar-refractivity contribution is -0.139. The molecule has 0 aliphatic carbocycles. The van der Waals surface area contributed by atoms with Crippen LogP contribution >= 0.6 is 15.9 Å². The summed E-state index contributed by atoms with van der Waals surface area (Å²) in [6.45, 7) is 5.06. The van der Waals surface area contributed by atoms with Crippen molar-refractivity contribution >= 4 is 28.0 Å². The van der Waals surface area contributed by atoms with Gasteiger partial charge in [0.2, 0.25) is 0 Å². The second-order valence-electron chi connectivity index (χ2n) is 4.80. The lowest BCUT2D eigenvalue weighted by atomic mass is 10.2. The van der Waals surface area contributed by atoms with Crippen molar-refractivity contribution < 1.29 is 23.8 Å². The van der Waals surface area contributed by atoms with Gasteiger partial charge in [0.05, 0.1) is 12.6 Å². The van der Waals surface area contributed by atoms with E-state index in [0.717, 1.165) is 0 Å². The average Bonchev–Trinajstić information content (AvgIpc) is 2.60. The van der Waals surface area contributed by atoms with Gasteiger partial charge in [-0.25, -0.2) is 14.6 Å². The first-order chi connectivity index (χ1) is 8.67. The molecule has 1 unspecified atom stereocenters. The van der Waals surface area contributed by atoms with E-state index in [1.54, 1.807) is 20.8 Å². The number of hydrogen-bond donors (Lipinski definition) is 2. The Morgan fingerprint density at radius 2 is 2.21 bits per heavy atom. The minimum Gasteiger partial charge on any atom is -0.480 e. The number of alkyl carbamates (subject to hydrolysis) is 1. The van der Waals surface area contributed by atoms with Crippen LogP contribution in [0.3, 0.4) is 0 Å². The van der Waals surface area contributed by atoms with E-state index in [0.29, 0.717) is 4.67 Å². The van der Waals surface area contributed by atoms with Crippen LogP contribution in [0.15, 0.2) is 15.3 Å². The molecule has 0 bridgehead atoms. The van der Waals surface area contributed by atoms with E-state index < -0.39 is 23.7 Å². The smallest absolute Gasteiger partial charge is 0.408 e. The van der Waals surface area contributed by atoms with E-state index in [1.165, 1.54) is 6.20 Å². The molecule has 0 aromatic carbocycles. The number of nitrogens with one attached hydrogen (secondary N) is 1. The maximum Gasteiger partial charge on any atom is 0.408 e. The van der Waals surface area contributed by atoms with Gasteiger partial charge in [0, 0.05) is 0 Å². The number of ether oxygens (including phenoxy) is 1.